The van der Waals surface area contributed by atoms with Gasteiger partial charge < -0.3 is 14.8 Å². The van der Waals surface area contributed by atoms with Crippen LogP contribution in [-0.2, 0) is 6.54 Å². The topological polar surface area (TPSA) is 30.5 Å². The van der Waals surface area contributed by atoms with Crippen LogP contribution in [0.4, 0.5) is 5.69 Å². The molecule has 0 aromatic heterocycles. The van der Waals surface area contributed by atoms with Crippen molar-refractivity contribution in [2.75, 3.05) is 19.5 Å². The second-order valence-corrected chi connectivity index (χ2v) is 5.84. The predicted molar refractivity (Wildman–Crippen MR) is 90.8 cm³/mol. The number of aryl methyl sites for hydroxylation is 1. The third-order valence-corrected chi connectivity index (χ3v) is 4.23. The smallest absolute Gasteiger partial charge is 0.179 e. The lowest BCUT2D eigenvalue weighted by molar-refractivity contribution is 0.355. The summed E-state index contributed by atoms with van der Waals surface area (Å²) in [6, 6.07) is 9.95. The van der Waals surface area contributed by atoms with Crippen LogP contribution < -0.4 is 14.8 Å². The van der Waals surface area contributed by atoms with Gasteiger partial charge in [-0.1, -0.05) is 23.7 Å². The Bertz CT molecular complexity index is 646. The maximum Gasteiger partial charge on any atom is 0.179 e. The van der Waals surface area contributed by atoms with Crippen LogP contribution >= 0.6 is 27.5 Å². The molecule has 0 aliphatic heterocycles. The highest BCUT2D eigenvalue weighted by Crippen LogP contribution is 2.37. The minimum atomic E-state index is 0.557. The van der Waals surface area contributed by atoms with Gasteiger partial charge in [-0.2, -0.15) is 0 Å². The van der Waals surface area contributed by atoms with Gasteiger partial charge in [0.1, 0.15) is 0 Å². The molecular weight excluding hydrogens is 354 g/mol. The van der Waals surface area contributed by atoms with Crippen LogP contribution in [-0.4, -0.2) is 14.2 Å². The summed E-state index contributed by atoms with van der Waals surface area (Å²) in [7, 11) is 3.17. The average Bonchev–Trinajstić information content (AvgIpc) is 2.47. The fourth-order valence-electron chi connectivity index (χ4n) is 2.02. The SMILES string of the molecule is COc1ccc(CNc2ccc(C)cc2Br)c(Cl)c1OC. The molecule has 0 amide bonds. The highest BCUT2D eigenvalue weighted by molar-refractivity contribution is 9.10. The summed E-state index contributed by atoms with van der Waals surface area (Å²) < 4.78 is 11.6. The Morgan fingerprint density at radius 3 is 2.52 bits per heavy atom. The van der Waals surface area contributed by atoms with Crippen LogP contribution in [0.1, 0.15) is 11.1 Å². The van der Waals surface area contributed by atoms with Gasteiger partial charge in [0.05, 0.1) is 19.2 Å². The average molecular weight is 371 g/mol. The van der Waals surface area contributed by atoms with E-state index >= 15 is 0 Å². The van der Waals surface area contributed by atoms with Crippen molar-refractivity contribution in [3.05, 3.63) is 51.0 Å². The Kier molecular flexibility index (Phi) is 5.37. The molecule has 0 aliphatic carbocycles. The molecule has 0 bridgehead atoms. The van der Waals surface area contributed by atoms with Gasteiger partial charge in [0.25, 0.3) is 0 Å². The van der Waals surface area contributed by atoms with Gasteiger partial charge in [-0.15, -0.1) is 0 Å². The molecule has 5 heteroatoms. The molecule has 0 aliphatic rings. The maximum absolute atomic E-state index is 6.37. The van der Waals surface area contributed by atoms with Crippen molar-refractivity contribution in [1.29, 1.82) is 0 Å². The van der Waals surface area contributed by atoms with E-state index in [2.05, 4.69) is 40.3 Å². The van der Waals surface area contributed by atoms with Crippen molar-refractivity contribution in [2.24, 2.45) is 0 Å². The number of ether oxygens (including phenoxy) is 2. The van der Waals surface area contributed by atoms with Gasteiger partial charge in [-0.3, -0.25) is 0 Å². The quantitative estimate of drug-likeness (QED) is 0.800. The summed E-state index contributed by atoms with van der Waals surface area (Å²) in [5.41, 5.74) is 3.17. The highest BCUT2D eigenvalue weighted by atomic mass is 79.9. The molecule has 3 nitrogen and oxygen atoms in total. The summed E-state index contributed by atoms with van der Waals surface area (Å²) in [6.07, 6.45) is 0. The van der Waals surface area contributed by atoms with E-state index in [9.17, 15) is 0 Å². The molecule has 0 unspecified atom stereocenters. The Labute approximate surface area is 138 Å². The highest BCUT2D eigenvalue weighted by Gasteiger charge is 2.13. The van der Waals surface area contributed by atoms with Crippen LogP contribution in [0.25, 0.3) is 0 Å². The molecule has 0 fully saturated rings. The molecule has 2 aromatic rings. The van der Waals surface area contributed by atoms with Crippen LogP contribution in [0.2, 0.25) is 5.02 Å². The second-order valence-electron chi connectivity index (χ2n) is 4.61. The van der Waals surface area contributed by atoms with Crippen molar-refractivity contribution in [3.8, 4) is 11.5 Å². The molecule has 21 heavy (non-hydrogen) atoms. The molecule has 0 heterocycles. The largest absolute Gasteiger partial charge is 0.493 e. The van der Waals surface area contributed by atoms with Crippen molar-refractivity contribution in [2.45, 2.75) is 13.5 Å². The number of hydrogen-bond acceptors (Lipinski definition) is 3. The van der Waals surface area contributed by atoms with Gasteiger partial charge in [-0.25, -0.2) is 0 Å². The van der Waals surface area contributed by atoms with E-state index in [0.717, 1.165) is 15.7 Å². The number of benzene rings is 2. The van der Waals surface area contributed by atoms with E-state index in [1.165, 1.54) is 5.56 Å². The maximum atomic E-state index is 6.37. The number of rotatable bonds is 5. The molecule has 2 aromatic carbocycles. The number of halogens is 2. The van der Waals surface area contributed by atoms with E-state index in [1.54, 1.807) is 14.2 Å². The Morgan fingerprint density at radius 1 is 1.14 bits per heavy atom. The Hall–Kier alpha value is -1.39. The summed E-state index contributed by atoms with van der Waals surface area (Å²) in [4.78, 5) is 0. The third kappa shape index (κ3) is 3.63. The first-order chi connectivity index (χ1) is 10.1. The third-order valence-electron chi connectivity index (χ3n) is 3.16. The lowest BCUT2D eigenvalue weighted by Gasteiger charge is -2.14. The molecule has 1 N–H and O–H groups in total. The van der Waals surface area contributed by atoms with Crippen LogP contribution in [0.5, 0.6) is 11.5 Å². The van der Waals surface area contributed by atoms with E-state index < -0.39 is 0 Å². The van der Waals surface area contributed by atoms with Crippen LogP contribution in [0.3, 0.4) is 0 Å². The normalized spacial score (nSPS) is 10.3. The first-order valence-corrected chi connectivity index (χ1v) is 7.63. The van der Waals surface area contributed by atoms with Gasteiger partial charge in [0.15, 0.2) is 11.5 Å². The zero-order valence-electron chi connectivity index (χ0n) is 12.2. The van der Waals surface area contributed by atoms with Crippen molar-refractivity contribution >= 4 is 33.2 Å². The minimum Gasteiger partial charge on any atom is -0.493 e. The van der Waals surface area contributed by atoms with Gasteiger partial charge in [0.2, 0.25) is 0 Å². The Balaban J connectivity index is 2.20. The van der Waals surface area contributed by atoms with Crippen LogP contribution in [0.15, 0.2) is 34.8 Å². The van der Waals surface area contributed by atoms with Gasteiger partial charge in [-0.05, 0) is 52.2 Å². The summed E-state index contributed by atoms with van der Waals surface area (Å²) in [5, 5.41) is 3.92. The first-order valence-electron chi connectivity index (χ1n) is 6.46. The standard InChI is InChI=1S/C16H17BrClNO2/c1-10-4-6-13(12(17)8-10)19-9-11-5-7-14(20-2)16(21-3)15(11)18/h4-8,19H,9H2,1-3H3. The van der Waals surface area contributed by atoms with Crippen molar-refractivity contribution in [3.63, 3.8) is 0 Å². The monoisotopic (exact) mass is 369 g/mol. The number of nitrogens with one attached hydrogen (secondary N) is 1. The first kappa shape index (κ1) is 16.0. The lowest BCUT2D eigenvalue weighted by Crippen LogP contribution is -2.02. The number of methoxy groups -OCH3 is 2. The van der Waals surface area contributed by atoms with Crippen molar-refractivity contribution in [1.82, 2.24) is 0 Å². The summed E-state index contributed by atoms with van der Waals surface area (Å²) in [6.45, 7) is 2.65. The fourth-order valence-corrected chi connectivity index (χ4v) is 2.95. The minimum absolute atomic E-state index is 0.557. The molecule has 0 radical (unpaired) electrons. The number of hydrogen-bond donors (Lipinski definition) is 1. The molecule has 112 valence electrons. The number of anilines is 1. The molecule has 0 atom stereocenters. The predicted octanol–water partition coefficient (Wildman–Crippen LogP) is 5.04. The zero-order chi connectivity index (χ0) is 15.4. The molecule has 2 rings (SSSR count). The van der Waals surface area contributed by atoms with E-state index in [-0.39, 0.29) is 0 Å². The second kappa shape index (κ2) is 7.05. The van der Waals surface area contributed by atoms with E-state index in [4.69, 9.17) is 21.1 Å². The zero-order valence-corrected chi connectivity index (χ0v) is 14.5. The van der Waals surface area contributed by atoms with Gasteiger partial charge in [0, 0.05) is 16.7 Å². The Morgan fingerprint density at radius 2 is 1.90 bits per heavy atom. The lowest BCUT2D eigenvalue weighted by atomic mass is 10.1. The van der Waals surface area contributed by atoms with Crippen LogP contribution in [0, 0.1) is 6.92 Å². The van der Waals surface area contributed by atoms with Crippen molar-refractivity contribution < 1.29 is 9.47 Å². The molecule has 0 spiro atoms. The molecule has 0 saturated heterocycles. The van der Waals surface area contributed by atoms with E-state index in [0.29, 0.717) is 23.1 Å². The van der Waals surface area contributed by atoms with Gasteiger partial charge >= 0.3 is 0 Å². The molecular formula is C16H17BrClNO2. The van der Waals surface area contributed by atoms with E-state index in [1.807, 2.05) is 18.2 Å². The molecule has 0 saturated carbocycles. The fraction of sp³-hybridized carbons (Fsp3) is 0.250. The summed E-state index contributed by atoms with van der Waals surface area (Å²) in [5.74, 6) is 1.18. The summed E-state index contributed by atoms with van der Waals surface area (Å²) >= 11 is 9.92.